The molecule has 1 saturated heterocycles. The first-order valence-corrected chi connectivity index (χ1v) is 11.3. The Labute approximate surface area is 199 Å². The molecule has 2 aliphatic heterocycles. The van der Waals surface area contributed by atoms with Crippen LogP contribution in [0.2, 0.25) is 0 Å². The number of aliphatic hydroxyl groups excluding tert-OH is 1. The van der Waals surface area contributed by atoms with Gasteiger partial charge < -0.3 is 24.4 Å². The van der Waals surface area contributed by atoms with Crippen LogP contribution >= 0.6 is 11.8 Å². The lowest BCUT2D eigenvalue weighted by atomic mass is 9.92. The van der Waals surface area contributed by atoms with Gasteiger partial charge in [-0.15, -0.1) is 0 Å². The summed E-state index contributed by atoms with van der Waals surface area (Å²) in [5, 5.41) is 19.1. The molecule has 0 aliphatic carbocycles. The summed E-state index contributed by atoms with van der Waals surface area (Å²) < 4.78 is 15.9. The van der Waals surface area contributed by atoms with E-state index in [9.17, 15) is 24.6 Å². The second-order valence-electron chi connectivity index (χ2n) is 7.81. The summed E-state index contributed by atoms with van der Waals surface area (Å²) in [5.74, 6) is -1.86. The van der Waals surface area contributed by atoms with E-state index in [0.717, 1.165) is 0 Å². The number of aliphatic carboxylic acids is 1. The third-order valence-electron chi connectivity index (χ3n) is 5.68. The van der Waals surface area contributed by atoms with Gasteiger partial charge in [0.25, 0.3) is 0 Å². The maximum absolute atomic E-state index is 12.7. The third kappa shape index (κ3) is 4.10. The largest absolute Gasteiger partial charge is 0.493 e. The van der Waals surface area contributed by atoms with Crippen molar-refractivity contribution in [2.24, 2.45) is 5.92 Å². The number of methoxy groups -OCH3 is 2. The number of carbonyl (C=O) groups excluding carboxylic acids is 2. The van der Waals surface area contributed by atoms with Crippen LogP contribution in [0.1, 0.15) is 28.4 Å². The minimum Gasteiger partial charge on any atom is -0.493 e. The van der Waals surface area contributed by atoms with Crippen LogP contribution in [0.5, 0.6) is 11.5 Å². The number of rotatable bonds is 8. The Bertz CT molecular complexity index is 1190. The van der Waals surface area contributed by atoms with Crippen molar-refractivity contribution in [3.63, 3.8) is 0 Å². The van der Waals surface area contributed by atoms with E-state index >= 15 is 0 Å². The van der Waals surface area contributed by atoms with Gasteiger partial charge in [0, 0.05) is 4.91 Å². The van der Waals surface area contributed by atoms with E-state index in [1.165, 1.54) is 43.9 Å². The van der Waals surface area contributed by atoms with E-state index in [2.05, 4.69) is 0 Å². The van der Waals surface area contributed by atoms with E-state index in [-0.39, 0.29) is 17.9 Å². The molecule has 2 N–H and O–H groups in total. The highest BCUT2D eigenvalue weighted by Crippen LogP contribution is 2.53. The first-order chi connectivity index (χ1) is 16.3. The maximum Gasteiger partial charge on any atom is 0.353 e. The Kier molecular flexibility index (Phi) is 6.54. The van der Waals surface area contributed by atoms with Crippen LogP contribution in [-0.4, -0.2) is 58.7 Å². The molecule has 34 heavy (non-hydrogen) atoms. The zero-order valence-corrected chi connectivity index (χ0v) is 19.5. The standard InChI is InChI=1S/C24H23NO8S/c1-12(26)18-21(27)25-19(23(28)29)20(34-22(18)25)14-5-4-6-15(10-14)24(30)33-11-13-7-8-16(31-2)17(9-13)32-3/h4-10,12,18,22,26H,11H2,1-3H3,(H,28,29)/t12-,18+,22-/m1/s1. The Morgan fingerprint density at radius 3 is 2.50 bits per heavy atom. The summed E-state index contributed by atoms with van der Waals surface area (Å²) in [7, 11) is 3.04. The van der Waals surface area contributed by atoms with E-state index in [4.69, 9.17) is 14.2 Å². The van der Waals surface area contributed by atoms with Gasteiger partial charge in [-0.1, -0.05) is 30.0 Å². The number of fused-ring (bicyclic) bond motifs is 1. The predicted molar refractivity (Wildman–Crippen MR) is 123 cm³/mol. The number of hydrogen-bond acceptors (Lipinski definition) is 8. The molecule has 2 aliphatic rings. The zero-order chi connectivity index (χ0) is 24.6. The van der Waals surface area contributed by atoms with Gasteiger partial charge in [0.05, 0.1) is 31.8 Å². The number of benzene rings is 2. The SMILES string of the molecule is COc1ccc(COC(=O)c2cccc(C3=C(C(=O)O)N4C(=O)[C@H]([C@@H](C)O)[C@H]4S3)c2)cc1OC. The van der Waals surface area contributed by atoms with Crippen molar-refractivity contribution in [2.75, 3.05) is 14.2 Å². The number of esters is 1. The molecule has 4 rings (SSSR count). The second-order valence-corrected chi connectivity index (χ2v) is 8.94. The number of thioether (sulfide) groups is 1. The van der Waals surface area contributed by atoms with Gasteiger partial charge >= 0.3 is 11.9 Å². The third-order valence-corrected chi connectivity index (χ3v) is 7.09. The molecule has 0 bridgehead atoms. The van der Waals surface area contributed by atoms with Crippen LogP contribution in [-0.2, 0) is 20.9 Å². The Balaban J connectivity index is 1.54. The fourth-order valence-corrected chi connectivity index (χ4v) is 5.58. The van der Waals surface area contributed by atoms with Crippen molar-refractivity contribution in [3.05, 3.63) is 64.9 Å². The number of carbonyl (C=O) groups is 3. The van der Waals surface area contributed by atoms with Crippen LogP contribution in [0.3, 0.4) is 0 Å². The van der Waals surface area contributed by atoms with E-state index in [0.29, 0.717) is 27.5 Å². The van der Waals surface area contributed by atoms with Crippen LogP contribution in [0.4, 0.5) is 0 Å². The van der Waals surface area contributed by atoms with Gasteiger partial charge in [-0.05, 0) is 42.3 Å². The molecule has 0 aromatic heterocycles. The molecule has 3 atom stereocenters. The Hall–Kier alpha value is -3.50. The normalized spacial score (nSPS) is 19.9. The van der Waals surface area contributed by atoms with Crippen molar-refractivity contribution in [1.82, 2.24) is 4.90 Å². The van der Waals surface area contributed by atoms with Crippen molar-refractivity contribution < 1.29 is 38.8 Å². The average Bonchev–Trinajstić information content (AvgIpc) is 3.17. The molecule has 10 heteroatoms. The van der Waals surface area contributed by atoms with Crippen molar-refractivity contribution in [3.8, 4) is 11.5 Å². The lowest BCUT2D eigenvalue weighted by Crippen LogP contribution is -2.60. The lowest BCUT2D eigenvalue weighted by molar-refractivity contribution is -0.156. The average molecular weight is 486 g/mol. The van der Waals surface area contributed by atoms with E-state index < -0.39 is 35.2 Å². The second kappa shape index (κ2) is 9.40. The quantitative estimate of drug-likeness (QED) is 0.429. The highest BCUT2D eigenvalue weighted by Gasteiger charge is 2.57. The van der Waals surface area contributed by atoms with Gasteiger partial charge in [-0.2, -0.15) is 0 Å². The monoisotopic (exact) mass is 485 g/mol. The molecule has 1 amide bonds. The molecule has 0 radical (unpaired) electrons. The number of aliphatic hydroxyl groups is 1. The smallest absolute Gasteiger partial charge is 0.353 e. The van der Waals surface area contributed by atoms with Gasteiger partial charge in [0.1, 0.15) is 17.7 Å². The van der Waals surface area contributed by atoms with E-state index in [1.54, 1.807) is 36.4 Å². The predicted octanol–water partition coefficient (Wildman–Crippen LogP) is 2.73. The van der Waals surface area contributed by atoms with Gasteiger partial charge in [0.15, 0.2) is 11.5 Å². The van der Waals surface area contributed by atoms with Gasteiger partial charge in [-0.25, -0.2) is 9.59 Å². The molecule has 2 aromatic carbocycles. The van der Waals surface area contributed by atoms with Gasteiger partial charge in [-0.3, -0.25) is 9.69 Å². The molecule has 2 aromatic rings. The number of carboxylic acid groups (broad SMARTS) is 1. The molecule has 9 nitrogen and oxygen atoms in total. The fourth-order valence-electron chi connectivity index (χ4n) is 3.98. The minimum absolute atomic E-state index is 0.00165. The summed E-state index contributed by atoms with van der Waals surface area (Å²) in [6.45, 7) is 1.51. The molecule has 2 heterocycles. The highest BCUT2D eigenvalue weighted by atomic mass is 32.2. The minimum atomic E-state index is -1.25. The summed E-state index contributed by atoms with van der Waals surface area (Å²) in [6.07, 6.45) is -0.895. The summed E-state index contributed by atoms with van der Waals surface area (Å²) in [4.78, 5) is 38.6. The van der Waals surface area contributed by atoms with Gasteiger partial charge in [0.2, 0.25) is 5.91 Å². The number of ether oxygens (including phenoxy) is 3. The van der Waals surface area contributed by atoms with Crippen LogP contribution in [0.25, 0.3) is 4.91 Å². The molecule has 0 unspecified atom stereocenters. The molecule has 0 spiro atoms. The number of nitrogens with zero attached hydrogens (tertiary/aromatic N) is 1. The van der Waals surface area contributed by atoms with Crippen LogP contribution in [0.15, 0.2) is 48.2 Å². The topological polar surface area (TPSA) is 123 Å². The molecular weight excluding hydrogens is 462 g/mol. The lowest BCUT2D eigenvalue weighted by Gasteiger charge is -2.43. The number of amides is 1. The highest BCUT2D eigenvalue weighted by molar-refractivity contribution is 8.09. The molecular formula is C24H23NO8S. The number of β-lactam (4-membered cyclic amide) rings is 1. The van der Waals surface area contributed by atoms with Crippen molar-refractivity contribution >= 4 is 34.5 Å². The van der Waals surface area contributed by atoms with Crippen molar-refractivity contribution in [2.45, 2.75) is 25.0 Å². The first kappa shape index (κ1) is 23.7. The maximum atomic E-state index is 12.7. The summed E-state index contributed by atoms with van der Waals surface area (Å²) >= 11 is 1.19. The van der Waals surface area contributed by atoms with Crippen LogP contribution < -0.4 is 9.47 Å². The molecule has 178 valence electrons. The summed E-state index contributed by atoms with van der Waals surface area (Å²) in [5.41, 5.74) is 1.28. The van der Waals surface area contributed by atoms with E-state index in [1.807, 2.05) is 0 Å². The summed E-state index contributed by atoms with van der Waals surface area (Å²) in [6, 6.07) is 11.6. The first-order valence-electron chi connectivity index (χ1n) is 10.4. The number of hydrogen-bond donors (Lipinski definition) is 2. The molecule has 0 saturated carbocycles. The Morgan fingerprint density at radius 1 is 1.12 bits per heavy atom. The zero-order valence-electron chi connectivity index (χ0n) is 18.7. The Morgan fingerprint density at radius 2 is 1.85 bits per heavy atom. The fraction of sp³-hybridized carbons (Fsp3) is 0.292. The van der Waals surface area contributed by atoms with Crippen molar-refractivity contribution in [1.29, 1.82) is 0 Å². The molecule has 1 fully saturated rings. The van der Waals surface area contributed by atoms with Crippen LogP contribution in [0, 0.1) is 5.92 Å². The number of carboxylic acids is 1.